The summed E-state index contributed by atoms with van der Waals surface area (Å²) in [5.74, 6) is -0.228. The molecule has 2 rings (SSSR count). The zero-order chi connectivity index (χ0) is 14.0. The van der Waals surface area contributed by atoms with Crippen LogP contribution in [0.3, 0.4) is 0 Å². The van der Waals surface area contributed by atoms with Gasteiger partial charge in [-0.2, -0.15) is 0 Å². The molecule has 0 aliphatic rings. The summed E-state index contributed by atoms with van der Waals surface area (Å²) in [4.78, 5) is 7.77. The van der Waals surface area contributed by atoms with Gasteiger partial charge >= 0.3 is 6.36 Å². The van der Waals surface area contributed by atoms with E-state index >= 15 is 0 Å². The normalized spacial score (nSPS) is 11.4. The average Bonchev–Trinajstić information content (AvgIpc) is 2.28. The van der Waals surface area contributed by atoms with E-state index in [0.29, 0.717) is 11.3 Å². The van der Waals surface area contributed by atoms with E-state index in [0.717, 1.165) is 0 Å². The zero-order valence-electron chi connectivity index (χ0n) is 9.28. The number of ether oxygens (including phenoxy) is 1. The molecule has 0 radical (unpaired) electrons. The highest BCUT2D eigenvalue weighted by atomic mass is 35.5. The van der Waals surface area contributed by atoms with Crippen LogP contribution < -0.4 is 10.5 Å². The van der Waals surface area contributed by atoms with Gasteiger partial charge in [0.1, 0.15) is 16.6 Å². The van der Waals surface area contributed by atoms with E-state index in [1.165, 1.54) is 30.5 Å². The molecular formula is C11H7ClF3N3O. The summed E-state index contributed by atoms with van der Waals surface area (Å²) < 4.78 is 39.7. The van der Waals surface area contributed by atoms with Crippen LogP contribution in [-0.4, -0.2) is 16.3 Å². The van der Waals surface area contributed by atoms with Gasteiger partial charge in [0.15, 0.2) is 5.82 Å². The van der Waals surface area contributed by atoms with Crippen molar-refractivity contribution in [2.45, 2.75) is 6.36 Å². The minimum Gasteiger partial charge on any atom is -0.406 e. The lowest BCUT2D eigenvalue weighted by molar-refractivity contribution is -0.274. The monoisotopic (exact) mass is 289 g/mol. The maximum absolute atomic E-state index is 12.0. The molecule has 2 N–H and O–H groups in total. The summed E-state index contributed by atoms with van der Waals surface area (Å²) >= 11 is 5.60. The predicted molar refractivity (Wildman–Crippen MR) is 63.6 cm³/mol. The number of benzene rings is 1. The van der Waals surface area contributed by atoms with Crippen LogP contribution >= 0.6 is 11.6 Å². The fourth-order valence-electron chi connectivity index (χ4n) is 1.42. The van der Waals surface area contributed by atoms with Gasteiger partial charge in [0.25, 0.3) is 0 Å². The maximum atomic E-state index is 12.0. The number of alkyl halides is 3. The van der Waals surface area contributed by atoms with Gasteiger partial charge in [-0.25, -0.2) is 9.97 Å². The fraction of sp³-hybridized carbons (Fsp3) is 0.0909. The summed E-state index contributed by atoms with van der Waals surface area (Å²) in [5.41, 5.74) is 6.47. The molecule has 2 aromatic rings. The van der Waals surface area contributed by atoms with E-state index in [-0.39, 0.29) is 16.7 Å². The largest absolute Gasteiger partial charge is 0.573 e. The number of aromatic nitrogens is 2. The van der Waals surface area contributed by atoms with Crippen LogP contribution in [0.5, 0.6) is 5.75 Å². The number of anilines is 1. The first-order valence-corrected chi connectivity index (χ1v) is 5.37. The maximum Gasteiger partial charge on any atom is 0.573 e. The molecule has 4 nitrogen and oxygen atoms in total. The molecule has 0 aliphatic heterocycles. The van der Waals surface area contributed by atoms with Crippen LogP contribution in [-0.2, 0) is 0 Å². The van der Waals surface area contributed by atoms with Gasteiger partial charge in [-0.05, 0) is 24.3 Å². The quantitative estimate of drug-likeness (QED) is 0.921. The van der Waals surface area contributed by atoms with Crippen molar-refractivity contribution in [3.8, 4) is 17.0 Å². The van der Waals surface area contributed by atoms with Gasteiger partial charge < -0.3 is 10.5 Å². The van der Waals surface area contributed by atoms with Crippen LogP contribution in [0.4, 0.5) is 19.0 Å². The first-order chi connectivity index (χ1) is 8.85. The highest BCUT2D eigenvalue weighted by Gasteiger charge is 2.30. The zero-order valence-corrected chi connectivity index (χ0v) is 10.0. The molecule has 100 valence electrons. The summed E-state index contributed by atoms with van der Waals surface area (Å²) in [6.45, 7) is 0. The Balaban J connectivity index is 2.27. The Labute approximate surface area is 111 Å². The number of nitrogen functional groups attached to an aromatic ring is 1. The van der Waals surface area contributed by atoms with Crippen LogP contribution in [0.25, 0.3) is 11.3 Å². The second-order valence-corrected chi connectivity index (χ2v) is 3.89. The summed E-state index contributed by atoms with van der Waals surface area (Å²) in [6, 6.07) is 5.13. The van der Waals surface area contributed by atoms with Crippen molar-refractivity contribution in [2.24, 2.45) is 0 Å². The molecule has 0 spiro atoms. The standard InChI is InChI=1S/C11H7ClF3N3O/c12-8-5-17-9(10(16)18-8)6-1-3-7(4-2-6)19-11(13,14)15/h1-5H,(H2,16,18). The highest BCUT2D eigenvalue weighted by Crippen LogP contribution is 2.27. The summed E-state index contributed by atoms with van der Waals surface area (Å²) in [5, 5.41) is 0.137. The van der Waals surface area contributed by atoms with E-state index in [2.05, 4.69) is 14.7 Å². The Bertz CT molecular complexity index is 587. The molecule has 0 unspecified atom stereocenters. The number of rotatable bonds is 2. The molecule has 8 heteroatoms. The Morgan fingerprint density at radius 2 is 1.79 bits per heavy atom. The number of hydrogen-bond acceptors (Lipinski definition) is 4. The predicted octanol–water partition coefficient (Wildman–Crippen LogP) is 3.28. The van der Waals surface area contributed by atoms with Crippen LogP contribution in [0.15, 0.2) is 30.5 Å². The lowest BCUT2D eigenvalue weighted by Gasteiger charge is -2.09. The van der Waals surface area contributed by atoms with Gasteiger partial charge in [0.2, 0.25) is 0 Å². The molecule has 0 amide bonds. The van der Waals surface area contributed by atoms with E-state index in [9.17, 15) is 13.2 Å². The molecule has 19 heavy (non-hydrogen) atoms. The minimum atomic E-state index is -4.72. The van der Waals surface area contributed by atoms with E-state index in [1.54, 1.807) is 0 Å². The number of hydrogen-bond donors (Lipinski definition) is 1. The van der Waals surface area contributed by atoms with Crippen molar-refractivity contribution in [1.29, 1.82) is 0 Å². The minimum absolute atomic E-state index is 0.0944. The average molecular weight is 290 g/mol. The first-order valence-electron chi connectivity index (χ1n) is 4.99. The van der Waals surface area contributed by atoms with Crippen molar-refractivity contribution in [1.82, 2.24) is 9.97 Å². The second kappa shape index (κ2) is 4.93. The summed E-state index contributed by atoms with van der Waals surface area (Å²) in [6.07, 6.45) is -3.42. The Morgan fingerprint density at radius 1 is 1.16 bits per heavy atom. The summed E-state index contributed by atoms with van der Waals surface area (Å²) in [7, 11) is 0. The number of halogens is 4. The third kappa shape index (κ3) is 3.47. The highest BCUT2D eigenvalue weighted by molar-refractivity contribution is 6.29. The van der Waals surface area contributed by atoms with E-state index in [1.807, 2.05) is 0 Å². The third-order valence-corrected chi connectivity index (χ3v) is 2.31. The third-order valence-electron chi connectivity index (χ3n) is 2.13. The lowest BCUT2D eigenvalue weighted by atomic mass is 10.1. The molecule has 1 heterocycles. The van der Waals surface area contributed by atoms with Gasteiger partial charge in [-0.3, -0.25) is 0 Å². The fourth-order valence-corrected chi connectivity index (χ4v) is 1.56. The number of nitrogens with two attached hydrogens (primary N) is 1. The van der Waals surface area contributed by atoms with Gasteiger partial charge in [0, 0.05) is 5.56 Å². The van der Waals surface area contributed by atoms with Crippen molar-refractivity contribution in [3.63, 3.8) is 0 Å². The van der Waals surface area contributed by atoms with Gasteiger partial charge in [-0.1, -0.05) is 11.6 Å². The molecule has 1 aromatic carbocycles. The van der Waals surface area contributed by atoms with E-state index in [4.69, 9.17) is 17.3 Å². The second-order valence-electron chi connectivity index (χ2n) is 3.50. The lowest BCUT2D eigenvalue weighted by Crippen LogP contribution is -2.16. The molecule has 0 saturated heterocycles. The smallest absolute Gasteiger partial charge is 0.406 e. The molecule has 1 aromatic heterocycles. The molecule has 0 saturated carbocycles. The van der Waals surface area contributed by atoms with E-state index < -0.39 is 6.36 Å². The molecule has 0 atom stereocenters. The molecular weight excluding hydrogens is 283 g/mol. The molecule has 0 aliphatic carbocycles. The van der Waals surface area contributed by atoms with Crippen molar-refractivity contribution < 1.29 is 17.9 Å². The van der Waals surface area contributed by atoms with Crippen molar-refractivity contribution >= 4 is 17.4 Å². The van der Waals surface area contributed by atoms with Crippen molar-refractivity contribution in [3.05, 3.63) is 35.6 Å². The van der Waals surface area contributed by atoms with Crippen LogP contribution in [0.2, 0.25) is 5.15 Å². The molecule has 0 fully saturated rings. The van der Waals surface area contributed by atoms with Crippen molar-refractivity contribution in [2.75, 3.05) is 5.73 Å². The Morgan fingerprint density at radius 3 is 2.32 bits per heavy atom. The van der Waals surface area contributed by atoms with Gasteiger partial charge in [-0.15, -0.1) is 13.2 Å². The topological polar surface area (TPSA) is 61.0 Å². The van der Waals surface area contributed by atoms with Crippen LogP contribution in [0, 0.1) is 0 Å². The molecule has 0 bridgehead atoms. The first kappa shape index (κ1) is 13.4. The van der Waals surface area contributed by atoms with Crippen LogP contribution in [0.1, 0.15) is 0 Å². The number of nitrogens with zero attached hydrogens (tertiary/aromatic N) is 2. The Hall–Kier alpha value is -2.02. The Kier molecular flexibility index (Phi) is 3.48. The van der Waals surface area contributed by atoms with Gasteiger partial charge in [0.05, 0.1) is 6.20 Å². The SMILES string of the molecule is Nc1nc(Cl)cnc1-c1ccc(OC(F)(F)F)cc1.